The molecule has 416 valence electrons. The van der Waals surface area contributed by atoms with Crippen LogP contribution in [0.1, 0.15) is 143 Å². The molecule has 82 heavy (non-hydrogen) atoms. The fourth-order valence-corrected chi connectivity index (χ4v) is 13.6. The van der Waals surface area contributed by atoms with Gasteiger partial charge in [-0.2, -0.15) is 0 Å². The SMILES string of the molecule is Cc1cc(C)c(-c2cc(C(C)(C)C)cc(C(C)(C)C)c2)c(N2CN(c3cccc(Oc4ccc5c6c7sc8ccccc8c7ccc6n(-c6cc(C(C)(C)C)ccn6)c5c4)c3)c3ccccc32)c1-c1cc(C(C)(C)C)cc(C(C)(C)C)c1. The van der Waals surface area contributed by atoms with E-state index in [-0.39, 0.29) is 27.1 Å². The van der Waals surface area contributed by atoms with Crippen molar-refractivity contribution in [3.8, 4) is 39.6 Å². The van der Waals surface area contributed by atoms with Gasteiger partial charge >= 0.3 is 0 Å². The van der Waals surface area contributed by atoms with Gasteiger partial charge in [0.05, 0.1) is 28.1 Å². The van der Waals surface area contributed by atoms with E-state index in [1.807, 2.05) is 17.5 Å². The van der Waals surface area contributed by atoms with Crippen LogP contribution in [0.3, 0.4) is 0 Å². The van der Waals surface area contributed by atoms with Gasteiger partial charge in [0.25, 0.3) is 0 Å². The van der Waals surface area contributed by atoms with E-state index in [2.05, 4.69) is 290 Å². The van der Waals surface area contributed by atoms with Crippen molar-refractivity contribution >= 4 is 76.1 Å². The molecule has 0 aliphatic carbocycles. The third-order valence-corrected chi connectivity index (χ3v) is 18.3. The van der Waals surface area contributed by atoms with E-state index in [1.165, 1.54) is 104 Å². The second-order valence-corrected chi connectivity index (χ2v) is 29.4. The molecule has 1 aliphatic rings. The molecule has 11 aromatic rings. The third-order valence-electron chi connectivity index (χ3n) is 17.1. The van der Waals surface area contributed by atoms with Crippen LogP contribution in [0.4, 0.5) is 22.7 Å². The lowest BCUT2D eigenvalue weighted by Crippen LogP contribution is -2.25. The molecule has 1 aliphatic heterocycles. The Balaban J connectivity index is 1.01. The molecule has 0 bridgehead atoms. The fraction of sp³-hybridized carbons (Fsp3) is 0.303. The second-order valence-electron chi connectivity index (χ2n) is 28.4. The van der Waals surface area contributed by atoms with E-state index in [9.17, 15) is 0 Å². The van der Waals surface area contributed by atoms with Crippen LogP contribution in [-0.4, -0.2) is 16.2 Å². The van der Waals surface area contributed by atoms with Crippen LogP contribution in [-0.2, 0) is 27.1 Å². The summed E-state index contributed by atoms with van der Waals surface area (Å²) in [6.45, 7) is 40.2. The van der Waals surface area contributed by atoms with E-state index in [0.717, 1.165) is 39.7 Å². The molecule has 3 aromatic heterocycles. The van der Waals surface area contributed by atoms with Gasteiger partial charge in [-0.1, -0.05) is 189 Å². The highest BCUT2D eigenvalue weighted by Gasteiger charge is 2.35. The molecule has 4 heterocycles. The molecule has 0 saturated carbocycles. The number of pyridine rings is 1. The Labute approximate surface area is 491 Å². The number of fused-ring (bicyclic) bond motifs is 8. The number of aryl methyl sites for hydroxylation is 2. The maximum atomic E-state index is 7.05. The summed E-state index contributed by atoms with van der Waals surface area (Å²) in [6.07, 6.45) is 1.96. The summed E-state index contributed by atoms with van der Waals surface area (Å²) in [4.78, 5) is 10.1. The Morgan fingerprint density at radius 1 is 0.439 bits per heavy atom. The summed E-state index contributed by atoms with van der Waals surface area (Å²) in [5.74, 6) is 2.43. The number of thiophene rings is 1. The number of aromatic nitrogens is 2. The quantitative estimate of drug-likeness (QED) is 0.159. The van der Waals surface area contributed by atoms with E-state index < -0.39 is 0 Å². The first-order chi connectivity index (χ1) is 38.6. The molecule has 0 amide bonds. The van der Waals surface area contributed by atoms with Crippen LogP contribution in [0.25, 0.3) is 70.0 Å². The molecule has 0 radical (unpaired) electrons. The predicted octanol–water partition coefficient (Wildman–Crippen LogP) is 22.0. The van der Waals surface area contributed by atoms with Crippen molar-refractivity contribution in [2.24, 2.45) is 0 Å². The molecule has 12 rings (SSSR count). The topological polar surface area (TPSA) is 33.5 Å². The normalized spacial score (nSPS) is 13.6. The number of benzene rings is 8. The minimum atomic E-state index is -0.0593. The van der Waals surface area contributed by atoms with Crippen molar-refractivity contribution in [1.29, 1.82) is 0 Å². The molecule has 0 atom stereocenters. The zero-order valence-corrected chi connectivity index (χ0v) is 52.2. The summed E-state index contributed by atoms with van der Waals surface area (Å²) in [7, 11) is 0. The number of rotatable bonds is 7. The largest absolute Gasteiger partial charge is 0.457 e. The average Bonchev–Trinajstić information content (AvgIpc) is 1.85. The summed E-state index contributed by atoms with van der Waals surface area (Å²) < 4.78 is 12.0. The zero-order chi connectivity index (χ0) is 58.2. The van der Waals surface area contributed by atoms with Gasteiger partial charge < -0.3 is 14.5 Å². The number of hydrogen-bond acceptors (Lipinski definition) is 5. The first-order valence-corrected chi connectivity index (χ1v) is 30.2. The van der Waals surface area contributed by atoms with Crippen LogP contribution in [0, 0.1) is 13.8 Å². The molecular formula is C76H80N4OS. The first-order valence-electron chi connectivity index (χ1n) is 29.4. The third kappa shape index (κ3) is 9.75. The van der Waals surface area contributed by atoms with Crippen molar-refractivity contribution in [2.75, 3.05) is 16.5 Å². The maximum absolute atomic E-state index is 7.05. The van der Waals surface area contributed by atoms with Gasteiger partial charge in [-0.15, -0.1) is 11.3 Å². The fourth-order valence-electron chi connectivity index (χ4n) is 12.3. The second kappa shape index (κ2) is 19.5. The van der Waals surface area contributed by atoms with Gasteiger partial charge in [-0.3, -0.25) is 4.57 Å². The maximum Gasteiger partial charge on any atom is 0.137 e. The molecule has 0 saturated heterocycles. The Bertz CT molecular complexity index is 4180. The summed E-state index contributed by atoms with van der Waals surface area (Å²) in [5, 5.41) is 4.99. The van der Waals surface area contributed by atoms with Crippen LogP contribution in [0.2, 0.25) is 0 Å². The minimum absolute atomic E-state index is 0.0483. The highest BCUT2D eigenvalue weighted by Crippen LogP contribution is 2.54. The highest BCUT2D eigenvalue weighted by atomic mass is 32.1. The van der Waals surface area contributed by atoms with Crippen LogP contribution in [0.15, 0.2) is 164 Å². The Morgan fingerprint density at radius 3 is 1.56 bits per heavy atom. The monoisotopic (exact) mass is 1100 g/mol. The van der Waals surface area contributed by atoms with Crippen molar-refractivity contribution in [3.63, 3.8) is 0 Å². The van der Waals surface area contributed by atoms with Crippen molar-refractivity contribution in [1.82, 2.24) is 9.55 Å². The van der Waals surface area contributed by atoms with Gasteiger partial charge in [0.15, 0.2) is 0 Å². The van der Waals surface area contributed by atoms with Gasteiger partial charge in [-0.25, -0.2) is 4.98 Å². The summed E-state index contributed by atoms with van der Waals surface area (Å²) >= 11 is 1.87. The first kappa shape index (κ1) is 54.9. The molecule has 6 heteroatoms. The Morgan fingerprint density at radius 2 is 0.976 bits per heavy atom. The molecule has 5 nitrogen and oxygen atoms in total. The molecule has 0 fully saturated rings. The van der Waals surface area contributed by atoms with Gasteiger partial charge in [-0.05, 0) is 152 Å². The molecule has 0 N–H and O–H groups in total. The lowest BCUT2D eigenvalue weighted by atomic mass is 9.76. The van der Waals surface area contributed by atoms with Gasteiger partial charge in [0, 0.05) is 66.1 Å². The van der Waals surface area contributed by atoms with Gasteiger partial charge in [0.1, 0.15) is 24.0 Å². The lowest BCUT2D eigenvalue weighted by Gasteiger charge is -2.32. The highest BCUT2D eigenvalue weighted by molar-refractivity contribution is 7.26. The lowest BCUT2D eigenvalue weighted by molar-refractivity contribution is 0.483. The predicted molar refractivity (Wildman–Crippen MR) is 354 cm³/mol. The van der Waals surface area contributed by atoms with E-state index >= 15 is 0 Å². The Kier molecular flexibility index (Phi) is 13.0. The molecule has 0 unspecified atom stereocenters. The van der Waals surface area contributed by atoms with Crippen molar-refractivity contribution in [2.45, 2.75) is 145 Å². The van der Waals surface area contributed by atoms with E-state index in [0.29, 0.717) is 6.67 Å². The summed E-state index contributed by atoms with van der Waals surface area (Å²) in [5.41, 5.74) is 20.7. The minimum Gasteiger partial charge on any atom is -0.457 e. The molecule has 0 spiro atoms. The van der Waals surface area contributed by atoms with Crippen LogP contribution in [0.5, 0.6) is 11.5 Å². The number of para-hydroxylation sites is 2. The van der Waals surface area contributed by atoms with Crippen molar-refractivity contribution < 1.29 is 4.74 Å². The molecule has 8 aromatic carbocycles. The average molecular weight is 1100 g/mol. The number of ether oxygens (including phenoxy) is 1. The van der Waals surface area contributed by atoms with Gasteiger partial charge in [0.2, 0.25) is 0 Å². The Hall–Kier alpha value is -7.67. The van der Waals surface area contributed by atoms with E-state index in [4.69, 9.17) is 9.72 Å². The summed E-state index contributed by atoms with van der Waals surface area (Å²) in [6, 6.07) is 59.2. The number of hydrogen-bond donors (Lipinski definition) is 0. The van der Waals surface area contributed by atoms with E-state index in [1.54, 1.807) is 0 Å². The van der Waals surface area contributed by atoms with Crippen molar-refractivity contribution in [3.05, 3.63) is 203 Å². The van der Waals surface area contributed by atoms with Crippen LogP contribution >= 0.6 is 11.3 Å². The molecular weight excluding hydrogens is 1020 g/mol. The number of anilines is 4. The number of nitrogens with zero attached hydrogens (tertiary/aromatic N) is 4. The standard InChI is InChI=1S/C76H80N4OS/c1-46-35-47(2)68(49-38-53(75(12,13)14)41-54(39-49)76(15,16)17)70(67(46)48-36-51(73(6,7)8)40-52(37-48)74(9,10)11)79-45-78(61-26-19-20-27-62(61)79)55-23-22-24-56(43-55)81-57-29-30-60-64(44-57)80(66-42-50(33-34-77-66)72(3,4)5)63-32-31-59-58-25-18-21-28-65(58)82-71(59)69(60)63/h18-44H,45H2,1-17H3. The smallest absolute Gasteiger partial charge is 0.137 e. The van der Waals surface area contributed by atoms with Crippen LogP contribution < -0.4 is 14.5 Å². The zero-order valence-electron chi connectivity index (χ0n) is 51.4.